The SMILES string of the molecule is CCOC(=O)COc1ncccc1Oc1cc(-n2c(=O)cc(F)n(C)c2=O)c(F)cc1C. The molecule has 0 aliphatic rings. The molecule has 2 heterocycles. The number of rotatable bonds is 7. The van der Waals surface area contributed by atoms with Gasteiger partial charge in [0.1, 0.15) is 11.6 Å². The predicted octanol–water partition coefficient (Wildman–Crippen LogP) is 2.25. The monoisotopic (exact) mass is 447 g/mol. The lowest BCUT2D eigenvalue weighted by Gasteiger charge is -2.15. The van der Waals surface area contributed by atoms with Crippen molar-refractivity contribution in [2.24, 2.45) is 7.05 Å². The number of esters is 1. The number of ether oxygens (including phenoxy) is 3. The van der Waals surface area contributed by atoms with Crippen molar-refractivity contribution in [2.45, 2.75) is 13.8 Å². The molecule has 0 N–H and O–H groups in total. The molecule has 0 saturated carbocycles. The van der Waals surface area contributed by atoms with Gasteiger partial charge in [0.25, 0.3) is 11.4 Å². The summed E-state index contributed by atoms with van der Waals surface area (Å²) in [5.41, 5.74) is -2.20. The number of carbonyl (C=O) groups excluding carboxylic acids is 1. The van der Waals surface area contributed by atoms with Crippen LogP contribution in [0.5, 0.6) is 17.4 Å². The van der Waals surface area contributed by atoms with Gasteiger partial charge < -0.3 is 14.2 Å². The average Bonchev–Trinajstić information content (AvgIpc) is 2.74. The highest BCUT2D eigenvalue weighted by atomic mass is 19.1. The highest BCUT2D eigenvalue weighted by Gasteiger charge is 2.18. The molecule has 2 aromatic heterocycles. The van der Waals surface area contributed by atoms with Crippen LogP contribution in [-0.2, 0) is 16.6 Å². The smallest absolute Gasteiger partial charge is 0.344 e. The molecule has 0 unspecified atom stereocenters. The summed E-state index contributed by atoms with van der Waals surface area (Å²) < 4.78 is 45.3. The van der Waals surface area contributed by atoms with E-state index in [0.29, 0.717) is 20.8 Å². The highest BCUT2D eigenvalue weighted by molar-refractivity contribution is 5.71. The Kier molecular flexibility index (Phi) is 6.67. The zero-order valence-corrected chi connectivity index (χ0v) is 17.4. The molecule has 0 aliphatic heterocycles. The van der Waals surface area contributed by atoms with Crippen LogP contribution in [0.15, 0.2) is 46.1 Å². The van der Waals surface area contributed by atoms with E-state index in [4.69, 9.17) is 14.2 Å². The van der Waals surface area contributed by atoms with Gasteiger partial charge in [-0.25, -0.2) is 23.5 Å². The van der Waals surface area contributed by atoms with Crippen LogP contribution in [0.1, 0.15) is 12.5 Å². The van der Waals surface area contributed by atoms with Crippen LogP contribution >= 0.6 is 0 Å². The molecule has 0 saturated heterocycles. The molecule has 0 atom stereocenters. The zero-order valence-electron chi connectivity index (χ0n) is 17.4. The van der Waals surface area contributed by atoms with Crippen LogP contribution in [0.3, 0.4) is 0 Å². The molecule has 168 valence electrons. The Morgan fingerprint density at radius 3 is 2.62 bits per heavy atom. The van der Waals surface area contributed by atoms with Crippen molar-refractivity contribution in [2.75, 3.05) is 13.2 Å². The summed E-state index contributed by atoms with van der Waals surface area (Å²) in [6.07, 6.45) is 1.41. The van der Waals surface area contributed by atoms with Crippen molar-refractivity contribution in [3.05, 3.63) is 74.7 Å². The molecular weight excluding hydrogens is 428 g/mol. The van der Waals surface area contributed by atoms with E-state index < -0.39 is 41.3 Å². The van der Waals surface area contributed by atoms with Gasteiger partial charge in [-0.15, -0.1) is 0 Å². The van der Waals surface area contributed by atoms with E-state index >= 15 is 0 Å². The van der Waals surface area contributed by atoms with Gasteiger partial charge in [0.2, 0.25) is 5.95 Å². The van der Waals surface area contributed by atoms with Gasteiger partial charge in [-0.1, -0.05) is 0 Å². The molecule has 3 aromatic rings. The lowest BCUT2D eigenvalue weighted by molar-refractivity contribution is -0.145. The summed E-state index contributed by atoms with van der Waals surface area (Å²) >= 11 is 0. The van der Waals surface area contributed by atoms with E-state index in [1.165, 1.54) is 12.3 Å². The van der Waals surface area contributed by atoms with Crippen molar-refractivity contribution in [3.8, 4) is 23.1 Å². The number of carbonyl (C=O) groups is 1. The Balaban J connectivity index is 2.01. The molecule has 0 radical (unpaired) electrons. The third kappa shape index (κ3) is 4.66. The number of aryl methyl sites for hydroxylation is 1. The minimum atomic E-state index is -1.07. The summed E-state index contributed by atoms with van der Waals surface area (Å²) in [4.78, 5) is 40.1. The number of benzene rings is 1. The van der Waals surface area contributed by atoms with Crippen LogP contribution in [0.2, 0.25) is 0 Å². The van der Waals surface area contributed by atoms with Crippen molar-refractivity contribution < 1.29 is 27.8 Å². The minimum absolute atomic E-state index is 0.0271. The normalized spacial score (nSPS) is 10.7. The van der Waals surface area contributed by atoms with Gasteiger partial charge in [-0.05, 0) is 37.6 Å². The van der Waals surface area contributed by atoms with Gasteiger partial charge in [0.15, 0.2) is 12.4 Å². The minimum Gasteiger partial charge on any atom is -0.463 e. The molecule has 0 fully saturated rings. The third-order valence-corrected chi connectivity index (χ3v) is 4.34. The number of pyridine rings is 1. The number of hydrogen-bond acceptors (Lipinski definition) is 7. The Morgan fingerprint density at radius 1 is 1.16 bits per heavy atom. The summed E-state index contributed by atoms with van der Waals surface area (Å²) in [6, 6.07) is 5.82. The lowest BCUT2D eigenvalue weighted by atomic mass is 10.2. The van der Waals surface area contributed by atoms with E-state index in [0.717, 1.165) is 19.2 Å². The van der Waals surface area contributed by atoms with E-state index in [1.54, 1.807) is 19.9 Å². The largest absolute Gasteiger partial charge is 0.463 e. The Bertz CT molecular complexity index is 1290. The maximum atomic E-state index is 14.7. The second-order valence-electron chi connectivity index (χ2n) is 6.55. The fourth-order valence-corrected chi connectivity index (χ4v) is 2.75. The van der Waals surface area contributed by atoms with Crippen LogP contribution in [-0.4, -0.2) is 33.3 Å². The van der Waals surface area contributed by atoms with Crippen LogP contribution in [0.4, 0.5) is 8.78 Å². The van der Waals surface area contributed by atoms with Gasteiger partial charge >= 0.3 is 11.7 Å². The standard InChI is InChI=1S/C21H19F2N3O6/c1-4-30-19(28)11-31-20-15(6-5-7-24-20)32-16-9-14(13(22)8-12(16)2)26-18(27)10-17(23)25(3)21(26)29/h5-10H,4,11H2,1-3H3. The second-order valence-corrected chi connectivity index (χ2v) is 6.55. The van der Waals surface area contributed by atoms with Crippen LogP contribution in [0, 0.1) is 18.7 Å². The van der Waals surface area contributed by atoms with Crippen molar-refractivity contribution in [3.63, 3.8) is 0 Å². The third-order valence-electron chi connectivity index (χ3n) is 4.34. The molecular formula is C21H19F2N3O6. The topological polar surface area (TPSA) is 102 Å². The molecule has 0 spiro atoms. The van der Waals surface area contributed by atoms with Gasteiger partial charge in [0.05, 0.1) is 18.4 Å². The second kappa shape index (κ2) is 9.41. The Morgan fingerprint density at radius 2 is 1.91 bits per heavy atom. The first-order chi connectivity index (χ1) is 15.2. The molecule has 9 nitrogen and oxygen atoms in total. The van der Waals surface area contributed by atoms with E-state index in [-0.39, 0.29) is 24.0 Å². The van der Waals surface area contributed by atoms with Gasteiger partial charge in [-0.3, -0.25) is 9.36 Å². The lowest BCUT2D eigenvalue weighted by Crippen LogP contribution is -2.39. The molecule has 1 aromatic carbocycles. The molecule has 32 heavy (non-hydrogen) atoms. The van der Waals surface area contributed by atoms with E-state index in [2.05, 4.69) is 4.98 Å². The first-order valence-corrected chi connectivity index (χ1v) is 9.43. The molecule has 0 aliphatic carbocycles. The maximum Gasteiger partial charge on any atom is 0.344 e. The van der Waals surface area contributed by atoms with Gasteiger partial charge in [0, 0.05) is 19.3 Å². The van der Waals surface area contributed by atoms with Gasteiger partial charge in [-0.2, -0.15) is 4.39 Å². The van der Waals surface area contributed by atoms with Crippen molar-refractivity contribution in [1.82, 2.24) is 14.1 Å². The summed E-state index contributed by atoms with van der Waals surface area (Å²) in [5, 5.41) is 0. The summed E-state index contributed by atoms with van der Waals surface area (Å²) in [5.74, 6) is -2.40. The Labute approximate surface area is 180 Å². The van der Waals surface area contributed by atoms with E-state index in [9.17, 15) is 23.2 Å². The quantitative estimate of drug-likeness (QED) is 0.404. The maximum absolute atomic E-state index is 14.7. The van der Waals surface area contributed by atoms with Crippen LogP contribution in [0.25, 0.3) is 5.69 Å². The Hall–Kier alpha value is -4.02. The number of nitrogens with zero attached hydrogens (tertiary/aromatic N) is 3. The average molecular weight is 447 g/mol. The van der Waals surface area contributed by atoms with E-state index in [1.807, 2.05) is 0 Å². The first-order valence-electron chi connectivity index (χ1n) is 9.43. The number of halogens is 2. The first kappa shape index (κ1) is 22.7. The molecule has 0 amide bonds. The summed E-state index contributed by atoms with van der Waals surface area (Å²) in [7, 11) is 1.11. The molecule has 0 bridgehead atoms. The van der Waals surface area contributed by atoms with Crippen molar-refractivity contribution >= 4 is 5.97 Å². The van der Waals surface area contributed by atoms with Crippen LogP contribution < -0.4 is 20.7 Å². The zero-order chi connectivity index (χ0) is 23.4. The molecule has 3 rings (SSSR count). The predicted molar refractivity (Wildman–Crippen MR) is 108 cm³/mol. The fourth-order valence-electron chi connectivity index (χ4n) is 2.75. The molecule has 11 heteroatoms. The fraction of sp³-hybridized carbons (Fsp3) is 0.238. The highest BCUT2D eigenvalue weighted by Crippen LogP contribution is 2.33. The van der Waals surface area contributed by atoms with Crippen molar-refractivity contribution in [1.29, 1.82) is 0 Å². The number of aromatic nitrogens is 3. The summed E-state index contributed by atoms with van der Waals surface area (Å²) in [6.45, 7) is 2.98. The number of hydrogen-bond donors (Lipinski definition) is 0.